The lowest BCUT2D eigenvalue weighted by molar-refractivity contribution is -0.118. The number of amides is 1. The van der Waals surface area contributed by atoms with Gasteiger partial charge in [0.1, 0.15) is 0 Å². The molecule has 7 nitrogen and oxygen atoms in total. The molecule has 0 spiro atoms. The Morgan fingerprint density at radius 2 is 1.83 bits per heavy atom. The molecule has 0 aliphatic heterocycles. The van der Waals surface area contributed by atoms with E-state index in [1.165, 1.54) is 7.11 Å². The van der Waals surface area contributed by atoms with Crippen LogP contribution in [-0.4, -0.2) is 39.8 Å². The molecule has 4 N–H and O–H groups in total. The SMILES string of the molecule is CCCCS(=O)(=O)Nc1ccc(NC(=O)CC(CN)OC)cc1.Cl. The number of benzene rings is 1. The molecule has 0 bridgehead atoms. The highest BCUT2D eigenvalue weighted by atomic mass is 35.5. The van der Waals surface area contributed by atoms with Crippen LogP contribution in [-0.2, 0) is 19.6 Å². The quantitative estimate of drug-likeness (QED) is 0.575. The minimum atomic E-state index is -3.32. The van der Waals surface area contributed by atoms with Gasteiger partial charge in [-0.3, -0.25) is 9.52 Å². The number of anilines is 2. The van der Waals surface area contributed by atoms with Crippen LogP contribution < -0.4 is 15.8 Å². The Morgan fingerprint density at radius 3 is 2.33 bits per heavy atom. The van der Waals surface area contributed by atoms with Crippen LogP contribution in [0.3, 0.4) is 0 Å². The van der Waals surface area contributed by atoms with E-state index in [0.29, 0.717) is 17.8 Å². The Labute approximate surface area is 149 Å². The van der Waals surface area contributed by atoms with Gasteiger partial charge in [0.05, 0.1) is 18.3 Å². The van der Waals surface area contributed by atoms with E-state index in [2.05, 4.69) is 10.0 Å². The maximum Gasteiger partial charge on any atom is 0.232 e. The fraction of sp³-hybridized carbons (Fsp3) is 0.533. The first-order valence-corrected chi connectivity index (χ1v) is 9.18. The van der Waals surface area contributed by atoms with Crippen molar-refractivity contribution in [1.29, 1.82) is 0 Å². The summed E-state index contributed by atoms with van der Waals surface area (Å²) in [4.78, 5) is 11.8. The van der Waals surface area contributed by atoms with Crippen LogP contribution in [0.1, 0.15) is 26.2 Å². The molecule has 9 heteroatoms. The van der Waals surface area contributed by atoms with Gasteiger partial charge in [0.2, 0.25) is 15.9 Å². The smallest absolute Gasteiger partial charge is 0.232 e. The first-order valence-electron chi connectivity index (χ1n) is 7.53. The van der Waals surface area contributed by atoms with Crippen LogP contribution in [0.25, 0.3) is 0 Å². The Kier molecular flexibility index (Phi) is 10.6. The van der Waals surface area contributed by atoms with E-state index in [1.54, 1.807) is 24.3 Å². The summed E-state index contributed by atoms with van der Waals surface area (Å²) in [5, 5.41) is 2.71. The fourth-order valence-corrected chi connectivity index (χ4v) is 3.13. The molecule has 0 heterocycles. The summed E-state index contributed by atoms with van der Waals surface area (Å²) in [7, 11) is -1.82. The summed E-state index contributed by atoms with van der Waals surface area (Å²) in [5.41, 5.74) is 6.52. The molecule has 1 aromatic carbocycles. The summed E-state index contributed by atoms with van der Waals surface area (Å²) < 4.78 is 31.2. The second-order valence-electron chi connectivity index (χ2n) is 5.20. The van der Waals surface area contributed by atoms with Crippen molar-refractivity contribution in [2.24, 2.45) is 5.73 Å². The number of unbranched alkanes of at least 4 members (excludes halogenated alkanes) is 1. The second kappa shape index (κ2) is 11.2. The van der Waals surface area contributed by atoms with Gasteiger partial charge in [-0.1, -0.05) is 13.3 Å². The number of carbonyl (C=O) groups is 1. The van der Waals surface area contributed by atoms with Crippen LogP contribution in [0.5, 0.6) is 0 Å². The van der Waals surface area contributed by atoms with Crippen LogP contribution in [0, 0.1) is 0 Å². The minimum absolute atomic E-state index is 0. The van der Waals surface area contributed by atoms with E-state index in [0.717, 1.165) is 6.42 Å². The maximum absolute atomic E-state index is 11.8. The number of ether oxygens (including phenoxy) is 1. The Morgan fingerprint density at radius 1 is 1.25 bits per heavy atom. The maximum atomic E-state index is 11.8. The van der Waals surface area contributed by atoms with Crippen molar-refractivity contribution in [3.63, 3.8) is 0 Å². The van der Waals surface area contributed by atoms with Crippen LogP contribution in [0.4, 0.5) is 11.4 Å². The number of sulfonamides is 1. The highest BCUT2D eigenvalue weighted by Crippen LogP contribution is 2.16. The summed E-state index contributed by atoms with van der Waals surface area (Å²) in [5.74, 6) is -0.113. The Bertz CT molecular complexity index is 589. The van der Waals surface area contributed by atoms with E-state index < -0.39 is 10.0 Å². The highest BCUT2D eigenvalue weighted by Gasteiger charge is 2.12. The summed E-state index contributed by atoms with van der Waals surface area (Å²) >= 11 is 0. The molecule has 1 atom stereocenters. The molecule has 0 radical (unpaired) electrons. The molecule has 0 saturated heterocycles. The van der Waals surface area contributed by atoms with Gasteiger partial charge in [-0.2, -0.15) is 0 Å². The van der Waals surface area contributed by atoms with Crippen molar-refractivity contribution in [2.75, 3.05) is 29.4 Å². The lowest BCUT2D eigenvalue weighted by Crippen LogP contribution is -2.28. The summed E-state index contributed by atoms with van der Waals surface area (Å²) in [6.07, 6.45) is 1.28. The van der Waals surface area contributed by atoms with E-state index in [-0.39, 0.29) is 43.1 Å². The van der Waals surface area contributed by atoms with Crippen LogP contribution in [0.15, 0.2) is 24.3 Å². The van der Waals surface area contributed by atoms with Crippen molar-refractivity contribution in [2.45, 2.75) is 32.3 Å². The molecule has 1 aromatic rings. The normalized spacial score (nSPS) is 12.1. The summed E-state index contributed by atoms with van der Waals surface area (Å²) in [6.45, 7) is 2.20. The minimum Gasteiger partial charge on any atom is -0.380 e. The molecule has 0 aliphatic carbocycles. The highest BCUT2D eigenvalue weighted by molar-refractivity contribution is 7.92. The largest absolute Gasteiger partial charge is 0.380 e. The van der Waals surface area contributed by atoms with E-state index >= 15 is 0 Å². The van der Waals surface area contributed by atoms with Crippen molar-refractivity contribution >= 4 is 39.7 Å². The molecule has 0 saturated carbocycles. The van der Waals surface area contributed by atoms with Crippen LogP contribution in [0.2, 0.25) is 0 Å². The summed E-state index contributed by atoms with van der Waals surface area (Å²) in [6, 6.07) is 6.49. The molecule has 138 valence electrons. The topological polar surface area (TPSA) is 111 Å². The predicted molar refractivity (Wildman–Crippen MR) is 99.1 cm³/mol. The number of rotatable bonds is 10. The zero-order valence-electron chi connectivity index (χ0n) is 13.9. The lowest BCUT2D eigenvalue weighted by atomic mass is 10.2. The fourth-order valence-electron chi connectivity index (χ4n) is 1.87. The number of hydrogen-bond donors (Lipinski definition) is 3. The van der Waals surface area contributed by atoms with Gasteiger partial charge in [-0.05, 0) is 30.7 Å². The molecule has 1 amide bonds. The third kappa shape index (κ3) is 8.49. The van der Waals surface area contributed by atoms with Gasteiger partial charge in [0.25, 0.3) is 0 Å². The van der Waals surface area contributed by atoms with E-state index in [9.17, 15) is 13.2 Å². The van der Waals surface area contributed by atoms with Crippen molar-refractivity contribution in [1.82, 2.24) is 0 Å². The monoisotopic (exact) mass is 379 g/mol. The van der Waals surface area contributed by atoms with E-state index in [1.807, 2.05) is 6.92 Å². The molecule has 1 unspecified atom stereocenters. The molecule has 1 rings (SSSR count). The lowest BCUT2D eigenvalue weighted by Gasteiger charge is -2.13. The Balaban J connectivity index is 0.00000529. The number of nitrogens with two attached hydrogens (primary N) is 1. The average Bonchev–Trinajstić information content (AvgIpc) is 2.52. The van der Waals surface area contributed by atoms with Gasteiger partial charge >= 0.3 is 0 Å². The van der Waals surface area contributed by atoms with Crippen molar-refractivity contribution in [3.05, 3.63) is 24.3 Å². The van der Waals surface area contributed by atoms with Crippen LogP contribution >= 0.6 is 12.4 Å². The van der Waals surface area contributed by atoms with Gasteiger partial charge < -0.3 is 15.8 Å². The molecule has 0 aliphatic rings. The van der Waals surface area contributed by atoms with Gasteiger partial charge in [0, 0.05) is 25.0 Å². The van der Waals surface area contributed by atoms with Gasteiger partial charge in [-0.25, -0.2) is 8.42 Å². The number of carbonyl (C=O) groups excluding carboxylic acids is 1. The number of methoxy groups -OCH3 is 1. The number of nitrogens with one attached hydrogen (secondary N) is 2. The molecule has 0 aromatic heterocycles. The molecular formula is C15H26ClN3O4S. The van der Waals surface area contributed by atoms with Gasteiger partial charge in [0.15, 0.2) is 0 Å². The first kappa shape index (κ1) is 22.6. The third-order valence-corrected chi connectivity index (χ3v) is 4.59. The zero-order valence-corrected chi connectivity index (χ0v) is 15.6. The Hall–Kier alpha value is -1.35. The molecule has 24 heavy (non-hydrogen) atoms. The average molecular weight is 380 g/mol. The van der Waals surface area contributed by atoms with Gasteiger partial charge in [-0.15, -0.1) is 12.4 Å². The molecule has 0 fully saturated rings. The first-order chi connectivity index (χ1) is 10.9. The van der Waals surface area contributed by atoms with Crippen molar-refractivity contribution < 1.29 is 17.9 Å². The van der Waals surface area contributed by atoms with Crippen molar-refractivity contribution in [3.8, 4) is 0 Å². The zero-order chi connectivity index (χ0) is 17.3. The predicted octanol–water partition coefficient (Wildman–Crippen LogP) is 1.95. The standard InChI is InChI=1S/C15H25N3O4S.ClH/c1-3-4-9-23(20,21)18-13-7-5-12(6-8-13)17-15(19)10-14(11-16)22-2;/h5-8,14,18H,3-4,9-11,16H2,1-2H3,(H,17,19);1H. The number of hydrogen-bond acceptors (Lipinski definition) is 5. The van der Waals surface area contributed by atoms with E-state index in [4.69, 9.17) is 10.5 Å². The second-order valence-corrected chi connectivity index (χ2v) is 7.04. The number of halogens is 1. The molecular weight excluding hydrogens is 354 g/mol. The third-order valence-electron chi connectivity index (χ3n) is 3.22.